The molecule has 0 aliphatic heterocycles. The Bertz CT molecular complexity index is 2230. The van der Waals surface area contributed by atoms with Gasteiger partial charge in [0.1, 0.15) is 52.7 Å². The van der Waals surface area contributed by atoms with Gasteiger partial charge in [0.15, 0.2) is 80.2 Å². The van der Waals surface area contributed by atoms with Gasteiger partial charge in [0, 0.05) is 24.3 Å². The van der Waals surface area contributed by atoms with Crippen molar-refractivity contribution in [1.82, 2.24) is 0 Å². The Labute approximate surface area is 326 Å². The van der Waals surface area contributed by atoms with Crippen LogP contribution in [0.5, 0.6) is 0 Å². The van der Waals surface area contributed by atoms with E-state index in [1.165, 1.54) is 0 Å². The first-order valence-corrected chi connectivity index (χ1v) is 17.2. The summed E-state index contributed by atoms with van der Waals surface area (Å²) in [5, 5.41) is 0.819. The first kappa shape index (κ1) is 44.5. The zero-order valence-electron chi connectivity index (χ0n) is 26.4. The minimum absolute atomic E-state index is 0.410. The summed E-state index contributed by atoms with van der Waals surface area (Å²) < 4.78 is 306. The fraction of sp³-hybridized carbons (Fsp3) is 0. The van der Waals surface area contributed by atoms with Crippen LogP contribution in [0.1, 0.15) is 0 Å². The normalized spacial score (nSPS) is 11.7. The summed E-state index contributed by atoms with van der Waals surface area (Å²) in [6.45, 7) is 0. The summed E-state index contributed by atoms with van der Waals surface area (Å²) in [5.41, 5.74) is -14.3. The monoisotopic (exact) mass is 1010 g/mol. The fourth-order valence-corrected chi connectivity index (χ4v) is 8.14. The lowest BCUT2D eigenvalue weighted by atomic mass is 9.12. The smallest absolute Gasteiger partial charge is 0.406 e. The molecule has 0 amide bonds. The number of benzene rings is 4. The maximum absolute atomic E-state index is 15.4. The molecule has 0 atom stereocenters. The van der Waals surface area contributed by atoms with Gasteiger partial charge in [0.25, 0.3) is 0 Å². The van der Waals surface area contributed by atoms with Crippen LogP contribution < -0.4 is 43.1 Å². The Morgan fingerprint density at radius 1 is 0.293 bits per heavy atom. The Morgan fingerprint density at radius 3 is 0.621 bits per heavy atom. The third kappa shape index (κ3) is 6.92. The molecule has 308 valence electrons. The highest BCUT2D eigenvalue weighted by Gasteiger charge is 2.52. The maximum atomic E-state index is 15.4. The van der Waals surface area contributed by atoms with Crippen LogP contribution in [0.15, 0.2) is 33.1 Å². The van der Waals surface area contributed by atoms with Crippen LogP contribution in [-0.2, 0) is 0 Å². The predicted molar refractivity (Wildman–Crippen MR) is 154 cm³/mol. The molecule has 0 fully saturated rings. The minimum Gasteiger partial charge on any atom is -0.406 e. The number of rotatable bonds is 6. The van der Waals surface area contributed by atoms with Crippen molar-refractivity contribution < 1.29 is 118 Å². The molecule has 0 bridgehead atoms. The lowest BCUT2D eigenvalue weighted by molar-refractivity contribution is -0.636. The molecule has 0 aliphatic rings. The van der Waals surface area contributed by atoms with Gasteiger partial charge in [-0.2, -0.15) is 0 Å². The Kier molecular flexibility index (Phi) is 12.5. The van der Waals surface area contributed by atoms with E-state index in [0.29, 0.717) is 10.4 Å². The van der Waals surface area contributed by atoms with Crippen molar-refractivity contribution in [1.29, 1.82) is 0 Å². The molecule has 0 radical (unpaired) electrons. The zero-order valence-corrected chi connectivity index (χ0v) is 30.1. The third-order valence-corrected chi connectivity index (χ3v) is 10.6. The lowest BCUT2D eigenvalue weighted by Crippen LogP contribution is -3.61. The molecular weight excluding hydrogens is 1000 g/mol. The van der Waals surface area contributed by atoms with E-state index in [1.807, 2.05) is 12.1 Å². The second kappa shape index (κ2) is 16.2. The largest absolute Gasteiger partial charge is 0.443 e. The second-order valence-electron chi connectivity index (χ2n) is 11.0. The number of halogens is 23. The van der Waals surface area contributed by atoms with Crippen LogP contribution in [0.2, 0.25) is 10.4 Å². The van der Waals surface area contributed by atoms with Crippen molar-refractivity contribution in [3.63, 3.8) is 0 Å². The third-order valence-electron chi connectivity index (χ3n) is 7.97. The molecular formula is C32H4BCl2F20IO2. The van der Waals surface area contributed by atoms with E-state index in [0.717, 1.165) is 7.53 Å². The van der Waals surface area contributed by atoms with Crippen molar-refractivity contribution in [2.75, 3.05) is 0 Å². The number of hydrogen-bond acceptors (Lipinski definition) is 2. The Morgan fingerprint density at radius 2 is 0.466 bits per heavy atom. The number of furan rings is 2. The first-order chi connectivity index (χ1) is 26.9. The fourth-order valence-electron chi connectivity index (χ4n) is 5.65. The molecule has 6 aromatic rings. The van der Waals surface area contributed by atoms with Gasteiger partial charge in [-0.3, -0.25) is 0 Å². The molecule has 58 heavy (non-hydrogen) atoms. The molecule has 0 spiro atoms. The second-order valence-corrected chi connectivity index (χ2v) is 14.4. The summed E-state index contributed by atoms with van der Waals surface area (Å²) >= 11 is 10.8. The molecule has 0 aliphatic carbocycles. The Hall–Kier alpha value is -4.59. The molecule has 2 nitrogen and oxygen atoms in total. The molecule has 0 unspecified atom stereocenters. The van der Waals surface area contributed by atoms with E-state index in [9.17, 15) is 52.7 Å². The van der Waals surface area contributed by atoms with Gasteiger partial charge in [-0.25, -0.2) is 87.8 Å². The molecule has 4 aromatic carbocycles. The van der Waals surface area contributed by atoms with E-state index in [1.54, 1.807) is 12.1 Å². The van der Waals surface area contributed by atoms with Gasteiger partial charge in [-0.05, 0) is 23.2 Å². The van der Waals surface area contributed by atoms with Gasteiger partial charge in [0.2, 0.25) is 0 Å². The average Bonchev–Trinajstić information content (AvgIpc) is 3.80. The highest BCUT2D eigenvalue weighted by Crippen LogP contribution is 2.30. The maximum Gasteiger partial charge on any atom is 0.443 e. The van der Waals surface area contributed by atoms with Crippen molar-refractivity contribution in [2.24, 2.45) is 0 Å². The number of hydrogen-bond donors (Lipinski definition) is 0. The van der Waals surface area contributed by atoms with Crippen LogP contribution in [-0.4, -0.2) is 6.15 Å². The van der Waals surface area contributed by atoms with Gasteiger partial charge >= 0.3 is 28.7 Å². The SMILES string of the molecule is Clc1ccc([I+]c2ccc(Cl)o2)o1.Fc1c(F)c(F)c([B-](c2c(F)c(F)c(F)c(F)c2F)(c2c(F)c(F)c(F)c(F)c2F)c2c(F)c(F)c(F)c(F)c2F)c(F)c1F. The van der Waals surface area contributed by atoms with Crippen molar-refractivity contribution in [2.45, 2.75) is 0 Å². The Balaban J connectivity index is 0.000000414. The standard InChI is InChI=1S/C24BF20.C8H4Cl2IO2/c26-5-1(6(27)14(35)21(42)13(5)34)25(2-7(28)15(36)22(43)16(37)8(2)29,3-9(30)17(38)23(44)18(39)10(3)31)4-11(32)19(40)24(45)20(41)12(4)33;9-5-1-3-7(12-5)11-8-4-2-6(10)13-8/h;1-4H/q-1;+1. The molecule has 2 aromatic heterocycles. The van der Waals surface area contributed by atoms with Crippen LogP contribution in [0.4, 0.5) is 87.8 Å². The van der Waals surface area contributed by atoms with E-state index in [-0.39, 0.29) is 0 Å². The van der Waals surface area contributed by atoms with Crippen molar-refractivity contribution in [3.8, 4) is 0 Å². The van der Waals surface area contributed by atoms with Crippen LogP contribution >= 0.6 is 23.2 Å². The highest BCUT2D eigenvalue weighted by molar-refractivity contribution is 7.20. The highest BCUT2D eigenvalue weighted by atomic mass is 127. The van der Waals surface area contributed by atoms with Crippen molar-refractivity contribution >= 4 is 51.2 Å². The van der Waals surface area contributed by atoms with E-state index < -0.39 is 166 Å². The minimum atomic E-state index is -7.22. The molecule has 0 saturated carbocycles. The summed E-state index contributed by atoms with van der Waals surface area (Å²) in [6.07, 6.45) is -7.22. The predicted octanol–water partition coefficient (Wildman–Crippen LogP) is 6.15. The molecule has 0 N–H and O–H groups in total. The van der Waals surface area contributed by atoms with E-state index in [2.05, 4.69) is 0 Å². The van der Waals surface area contributed by atoms with Crippen LogP contribution in [0.25, 0.3) is 0 Å². The zero-order chi connectivity index (χ0) is 43.6. The summed E-state index contributed by atoms with van der Waals surface area (Å²) in [7, 11) is 0. The van der Waals surface area contributed by atoms with E-state index >= 15 is 35.1 Å². The lowest BCUT2D eigenvalue weighted by Gasteiger charge is -2.44. The summed E-state index contributed by atoms with van der Waals surface area (Å²) in [5.74, 6) is -71.4. The quantitative estimate of drug-likeness (QED) is 0.0659. The topological polar surface area (TPSA) is 26.3 Å². The summed E-state index contributed by atoms with van der Waals surface area (Å²) in [6, 6.07) is 7.15. The van der Waals surface area contributed by atoms with Gasteiger partial charge in [-0.15, -0.1) is 21.9 Å². The molecule has 26 heteroatoms. The van der Waals surface area contributed by atoms with Crippen LogP contribution in [0, 0.1) is 124 Å². The van der Waals surface area contributed by atoms with Gasteiger partial charge in [-0.1, -0.05) is 0 Å². The van der Waals surface area contributed by atoms with Crippen molar-refractivity contribution in [3.05, 3.63) is 159 Å². The molecule has 6 rings (SSSR count). The molecule has 2 heterocycles. The average molecular weight is 1010 g/mol. The van der Waals surface area contributed by atoms with Gasteiger partial charge in [0.05, 0.1) is 0 Å². The van der Waals surface area contributed by atoms with E-state index in [4.69, 9.17) is 32.0 Å². The summed E-state index contributed by atoms with van der Waals surface area (Å²) in [4.78, 5) is 0. The first-order valence-electron chi connectivity index (χ1n) is 14.3. The molecule has 0 saturated heterocycles. The van der Waals surface area contributed by atoms with Gasteiger partial charge < -0.3 is 8.83 Å². The van der Waals surface area contributed by atoms with Crippen LogP contribution in [0.3, 0.4) is 0 Å².